The van der Waals surface area contributed by atoms with Crippen LogP contribution in [0.3, 0.4) is 0 Å². The highest BCUT2D eigenvalue weighted by Crippen LogP contribution is 2.24. The molecule has 0 saturated heterocycles. The molecule has 0 spiro atoms. The van der Waals surface area contributed by atoms with E-state index in [1.165, 1.54) is 6.92 Å². The van der Waals surface area contributed by atoms with Crippen molar-refractivity contribution in [3.8, 4) is 5.75 Å². The van der Waals surface area contributed by atoms with Gasteiger partial charge in [-0.05, 0) is 37.5 Å². The van der Waals surface area contributed by atoms with Crippen molar-refractivity contribution in [3.05, 3.63) is 53.1 Å². The second kappa shape index (κ2) is 8.53. The Morgan fingerprint density at radius 2 is 2.04 bits per heavy atom. The topological polar surface area (TPSA) is 78.6 Å². The molecule has 0 heterocycles. The van der Waals surface area contributed by atoms with Crippen LogP contribution in [0.2, 0.25) is 0 Å². The second-order valence-corrected chi connectivity index (χ2v) is 5.59. The molecule has 134 valence electrons. The SMILES string of the molecule is CC(=O)C(COCC1=CCCC=C1)Oc1ccc(F)c(C(N)=O)c1F. The maximum atomic E-state index is 14.2. The summed E-state index contributed by atoms with van der Waals surface area (Å²) in [5.74, 6) is -4.42. The van der Waals surface area contributed by atoms with E-state index in [0.29, 0.717) is 6.61 Å². The van der Waals surface area contributed by atoms with Gasteiger partial charge in [0.15, 0.2) is 23.5 Å². The number of allylic oxidation sites excluding steroid dienone is 2. The fourth-order valence-corrected chi connectivity index (χ4v) is 2.30. The first-order chi connectivity index (χ1) is 11.9. The molecule has 1 amide bonds. The summed E-state index contributed by atoms with van der Waals surface area (Å²) >= 11 is 0. The van der Waals surface area contributed by atoms with Gasteiger partial charge in [0.1, 0.15) is 11.4 Å². The zero-order chi connectivity index (χ0) is 18.4. The van der Waals surface area contributed by atoms with Gasteiger partial charge in [-0.1, -0.05) is 18.2 Å². The van der Waals surface area contributed by atoms with Crippen LogP contribution >= 0.6 is 0 Å². The minimum atomic E-state index is -1.26. The molecule has 2 N–H and O–H groups in total. The Kier molecular flexibility index (Phi) is 6.41. The number of rotatable bonds is 8. The number of amides is 1. The van der Waals surface area contributed by atoms with E-state index in [-0.39, 0.29) is 6.61 Å². The lowest BCUT2D eigenvalue weighted by Gasteiger charge is -2.18. The number of carbonyl (C=O) groups excluding carboxylic acids is 2. The van der Waals surface area contributed by atoms with Crippen LogP contribution in [0.1, 0.15) is 30.1 Å². The van der Waals surface area contributed by atoms with Crippen molar-refractivity contribution in [2.75, 3.05) is 13.2 Å². The molecule has 0 saturated carbocycles. The van der Waals surface area contributed by atoms with E-state index in [9.17, 15) is 18.4 Å². The van der Waals surface area contributed by atoms with Gasteiger partial charge in [-0.3, -0.25) is 9.59 Å². The number of ether oxygens (including phenoxy) is 2. The number of ketones is 1. The predicted molar refractivity (Wildman–Crippen MR) is 87.2 cm³/mol. The summed E-state index contributed by atoms with van der Waals surface area (Å²) in [5.41, 5.74) is 5.04. The molecule has 5 nitrogen and oxygen atoms in total. The summed E-state index contributed by atoms with van der Waals surface area (Å²) in [6.07, 6.45) is 6.81. The van der Waals surface area contributed by atoms with Crippen molar-refractivity contribution in [1.29, 1.82) is 0 Å². The third-order valence-corrected chi connectivity index (χ3v) is 3.63. The Balaban J connectivity index is 2.05. The quantitative estimate of drug-likeness (QED) is 0.781. The molecule has 7 heteroatoms. The Morgan fingerprint density at radius 3 is 2.64 bits per heavy atom. The van der Waals surface area contributed by atoms with Crippen molar-refractivity contribution in [3.63, 3.8) is 0 Å². The maximum Gasteiger partial charge on any atom is 0.254 e. The summed E-state index contributed by atoms with van der Waals surface area (Å²) in [7, 11) is 0. The smallest absolute Gasteiger partial charge is 0.254 e. The molecule has 0 bridgehead atoms. The van der Waals surface area contributed by atoms with Gasteiger partial charge in [-0.2, -0.15) is 0 Å². The number of carbonyl (C=O) groups is 2. The van der Waals surface area contributed by atoms with Crippen LogP contribution in [0, 0.1) is 11.6 Å². The average molecular weight is 351 g/mol. The second-order valence-electron chi connectivity index (χ2n) is 5.59. The van der Waals surface area contributed by atoms with E-state index in [0.717, 1.165) is 30.5 Å². The van der Waals surface area contributed by atoms with Crippen LogP contribution in [-0.2, 0) is 9.53 Å². The van der Waals surface area contributed by atoms with E-state index in [1.54, 1.807) is 0 Å². The summed E-state index contributed by atoms with van der Waals surface area (Å²) in [6.45, 7) is 1.45. The number of nitrogens with two attached hydrogens (primary N) is 1. The van der Waals surface area contributed by atoms with Gasteiger partial charge in [-0.15, -0.1) is 0 Å². The monoisotopic (exact) mass is 351 g/mol. The molecule has 0 fully saturated rings. The summed E-state index contributed by atoms with van der Waals surface area (Å²) in [6, 6.07) is 1.85. The largest absolute Gasteiger partial charge is 0.477 e. The third kappa shape index (κ3) is 4.96. The van der Waals surface area contributed by atoms with Crippen molar-refractivity contribution in [2.24, 2.45) is 5.73 Å². The van der Waals surface area contributed by atoms with E-state index in [1.807, 2.05) is 18.2 Å². The minimum absolute atomic E-state index is 0.108. The first-order valence-electron chi connectivity index (χ1n) is 7.78. The molecular weight excluding hydrogens is 332 g/mol. The molecule has 1 unspecified atom stereocenters. The van der Waals surface area contributed by atoms with Crippen molar-refractivity contribution >= 4 is 11.7 Å². The van der Waals surface area contributed by atoms with E-state index < -0.39 is 40.7 Å². The molecule has 0 aliphatic heterocycles. The van der Waals surface area contributed by atoms with Gasteiger partial charge < -0.3 is 15.2 Å². The zero-order valence-electron chi connectivity index (χ0n) is 13.8. The first-order valence-corrected chi connectivity index (χ1v) is 7.78. The van der Waals surface area contributed by atoms with Gasteiger partial charge in [0.05, 0.1) is 13.2 Å². The molecule has 1 aromatic carbocycles. The molecule has 25 heavy (non-hydrogen) atoms. The lowest BCUT2D eigenvalue weighted by Crippen LogP contribution is -2.31. The van der Waals surface area contributed by atoms with Crippen LogP contribution in [0.5, 0.6) is 5.75 Å². The first kappa shape index (κ1) is 18.8. The molecule has 0 aromatic heterocycles. The maximum absolute atomic E-state index is 14.2. The van der Waals surface area contributed by atoms with Crippen LogP contribution in [0.15, 0.2) is 35.9 Å². The predicted octanol–water partition coefficient (Wildman–Crippen LogP) is 2.69. The van der Waals surface area contributed by atoms with E-state index >= 15 is 0 Å². The van der Waals surface area contributed by atoms with Gasteiger partial charge >= 0.3 is 0 Å². The van der Waals surface area contributed by atoms with Crippen LogP contribution in [0.25, 0.3) is 0 Å². The highest BCUT2D eigenvalue weighted by Gasteiger charge is 2.23. The number of Topliss-reactive ketones (excluding diaryl/α,β-unsaturated/α-hetero) is 1. The normalized spacial score (nSPS) is 14.8. The molecule has 2 rings (SSSR count). The summed E-state index contributed by atoms with van der Waals surface area (Å²) < 4.78 is 38.4. The van der Waals surface area contributed by atoms with Crippen LogP contribution in [-0.4, -0.2) is 31.0 Å². The third-order valence-electron chi connectivity index (χ3n) is 3.63. The van der Waals surface area contributed by atoms with Crippen molar-refractivity contribution in [2.45, 2.75) is 25.9 Å². The van der Waals surface area contributed by atoms with Gasteiger partial charge in [0.25, 0.3) is 5.91 Å². The van der Waals surface area contributed by atoms with Crippen molar-refractivity contribution < 1.29 is 27.8 Å². The Hall–Kier alpha value is -2.54. The van der Waals surface area contributed by atoms with Gasteiger partial charge in [0.2, 0.25) is 0 Å². The number of halogens is 2. The average Bonchev–Trinajstić information content (AvgIpc) is 2.56. The lowest BCUT2D eigenvalue weighted by molar-refractivity contribution is -0.126. The molecule has 1 atom stereocenters. The standard InChI is InChI=1S/C18H19F2NO4/c1-11(22)15(10-24-9-12-5-3-2-4-6-12)25-14-8-7-13(19)16(17(14)20)18(21)23/h3,5-8,15H,2,4,9-10H2,1H3,(H2,21,23). The Labute approximate surface area is 144 Å². The Morgan fingerprint density at radius 1 is 1.28 bits per heavy atom. The van der Waals surface area contributed by atoms with Crippen LogP contribution in [0.4, 0.5) is 8.78 Å². The Bertz CT molecular complexity index is 728. The molecule has 1 aromatic rings. The van der Waals surface area contributed by atoms with Gasteiger partial charge in [-0.25, -0.2) is 8.78 Å². The fraction of sp³-hybridized carbons (Fsp3) is 0.333. The van der Waals surface area contributed by atoms with Crippen molar-refractivity contribution in [1.82, 2.24) is 0 Å². The fourth-order valence-electron chi connectivity index (χ4n) is 2.30. The minimum Gasteiger partial charge on any atom is -0.477 e. The number of benzene rings is 1. The lowest BCUT2D eigenvalue weighted by atomic mass is 10.1. The van der Waals surface area contributed by atoms with E-state index in [2.05, 4.69) is 0 Å². The zero-order valence-corrected chi connectivity index (χ0v) is 13.8. The molecule has 1 aliphatic carbocycles. The summed E-state index contributed by atoms with van der Waals surface area (Å²) in [4.78, 5) is 22.8. The number of hydrogen-bond acceptors (Lipinski definition) is 4. The van der Waals surface area contributed by atoms with Crippen LogP contribution < -0.4 is 10.5 Å². The summed E-state index contributed by atoms with van der Waals surface area (Å²) in [5, 5.41) is 0. The highest BCUT2D eigenvalue weighted by molar-refractivity contribution is 5.93. The highest BCUT2D eigenvalue weighted by atomic mass is 19.1. The molecule has 1 aliphatic rings. The number of hydrogen-bond donors (Lipinski definition) is 1. The van der Waals surface area contributed by atoms with Gasteiger partial charge in [0, 0.05) is 0 Å². The molecule has 0 radical (unpaired) electrons. The van der Waals surface area contributed by atoms with E-state index in [4.69, 9.17) is 15.2 Å². The number of primary amides is 1. The molecular formula is C18H19F2NO4.